The second kappa shape index (κ2) is 3.67. The van der Waals surface area contributed by atoms with Gasteiger partial charge >= 0.3 is 0 Å². The van der Waals surface area contributed by atoms with Gasteiger partial charge in [-0.05, 0) is 18.6 Å². The van der Waals surface area contributed by atoms with E-state index < -0.39 is 0 Å². The molecule has 0 radical (unpaired) electrons. The molecule has 3 heteroatoms. The summed E-state index contributed by atoms with van der Waals surface area (Å²) in [7, 11) is 0. The third-order valence-corrected chi connectivity index (χ3v) is 1.96. The van der Waals surface area contributed by atoms with Gasteiger partial charge in [-0.25, -0.2) is 4.39 Å². The topological polar surface area (TPSA) is 12.9 Å². The summed E-state index contributed by atoms with van der Waals surface area (Å²) >= 11 is 5.86. The Hall–Kier alpha value is -0.630. The third kappa shape index (κ3) is 2.15. The Kier molecular flexibility index (Phi) is 2.83. The molecular weight excluding hydrogens is 165 g/mol. The van der Waals surface area contributed by atoms with E-state index in [4.69, 9.17) is 11.6 Å². The van der Waals surface area contributed by atoms with Crippen molar-refractivity contribution in [3.8, 4) is 0 Å². The van der Waals surface area contributed by atoms with Gasteiger partial charge in [-0.3, -0.25) is 4.98 Å². The molecule has 0 spiro atoms. The minimum Gasteiger partial charge on any atom is -0.257 e. The van der Waals surface area contributed by atoms with Crippen molar-refractivity contribution in [3.63, 3.8) is 0 Å². The predicted octanol–water partition coefficient (Wildman–Crippen LogP) is 2.91. The van der Waals surface area contributed by atoms with Crippen LogP contribution in [0.2, 0.25) is 0 Å². The first-order valence-corrected chi connectivity index (χ1v) is 3.93. The van der Waals surface area contributed by atoms with Crippen LogP contribution in [-0.2, 0) is 0 Å². The Morgan fingerprint density at radius 3 is 2.82 bits per heavy atom. The number of hydrogen-bond donors (Lipinski definition) is 0. The van der Waals surface area contributed by atoms with E-state index in [1.807, 2.05) is 6.92 Å². The molecule has 1 nitrogen and oxygen atoms in total. The van der Waals surface area contributed by atoms with E-state index in [2.05, 4.69) is 4.98 Å². The van der Waals surface area contributed by atoms with E-state index in [0.717, 1.165) is 12.1 Å². The van der Waals surface area contributed by atoms with Crippen molar-refractivity contribution in [2.75, 3.05) is 0 Å². The molecule has 0 saturated carbocycles. The number of alkyl halides is 1. The molecule has 0 saturated heterocycles. The van der Waals surface area contributed by atoms with Crippen LogP contribution in [0.5, 0.6) is 0 Å². The fourth-order valence-corrected chi connectivity index (χ4v) is 0.911. The molecule has 1 unspecified atom stereocenters. The van der Waals surface area contributed by atoms with E-state index >= 15 is 0 Å². The van der Waals surface area contributed by atoms with Crippen LogP contribution >= 0.6 is 11.6 Å². The van der Waals surface area contributed by atoms with Gasteiger partial charge in [0, 0.05) is 0 Å². The van der Waals surface area contributed by atoms with Gasteiger partial charge in [0.2, 0.25) is 0 Å². The Bertz CT molecular complexity index is 222. The zero-order chi connectivity index (χ0) is 8.27. The largest absolute Gasteiger partial charge is 0.257 e. The quantitative estimate of drug-likeness (QED) is 0.627. The summed E-state index contributed by atoms with van der Waals surface area (Å²) in [5.74, 6) is -0.325. The van der Waals surface area contributed by atoms with Gasteiger partial charge in [0.1, 0.15) is 5.82 Å². The van der Waals surface area contributed by atoms with Gasteiger partial charge in [0.25, 0.3) is 0 Å². The summed E-state index contributed by atoms with van der Waals surface area (Å²) in [5.41, 5.74) is 0.732. The molecular formula is C8H9ClFN. The SMILES string of the molecule is CCC(Cl)c1ccc(F)cn1. The molecule has 0 aromatic carbocycles. The van der Waals surface area contributed by atoms with Gasteiger partial charge in [0.05, 0.1) is 17.3 Å². The van der Waals surface area contributed by atoms with Crippen LogP contribution in [0.1, 0.15) is 24.4 Å². The van der Waals surface area contributed by atoms with E-state index in [9.17, 15) is 4.39 Å². The molecule has 1 aromatic heterocycles. The first kappa shape index (κ1) is 8.47. The zero-order valence-electron chi connectivity index (χ0n) is 6.22. The molecule has 1 rings (SSSR count). The maximum absolute atomic E-state index is 12.3. The van der Waals surface area contributed by atoms with Crippen molar-refractivity contribution in [2.24, 2.45) is 0 Å². The Morgan fingerprint density at radius 1 is 1.64 bits per heavy atom. The van der Waals surface area contributed by atoms with Crippen LogP contribution in [0.15, 0.2) is 18.3 Å². The molecule has 1 aromatic rings. The molecule has 1 atom stereocenters. The Labute approximate surface area is 70.2 Å². The second-order valence-electron chi connectivity index (χ2n) is 2.28. The number of halogens is 2. The minimum absolute atomic E-state index is 0.101. The fourth-order valence-electron chi connectivity index (χ4n) is 0.782. The highest BCUT2D eigenvalue weighted by Gasteiger charge is 2.05. The molecule has 60 valence electrons. The number of aromatic nitrogens is 1. The summed E-state index contributed by atoms with van der Waals surface area (Å²) < 4.78 is 12.3. The van der Waals surface area contributed by atoms with E-state index in [1.165, 1.54) is 12.3 Å². The molecule has 0 fully saturated rings. The lowest BCUT2D eigenvalue weighted by Crippen LogP contribution is -1.92. The maximum atomic E-state index is 12.3. The number of hydrogen-bond acceptors (Lipinski definition) is 1. The highest BCUT2D eigenvalue weighted by molar-refractivity contribution is 6.20. The van der Waals surface area contributed by atoms with Gasteiger partial charge in [-0.15, -0.1) is 11.6 Å². The average molecular weight is 174 g/mol. The number of rotatable bonds is 2. The van der Waals surface area contributed by atoms with Crippen molar-refractivity contribution in [2.45, 2.75) is 18.7 Å². The molecule has 11 heavy (non-hydrogen) atoms. The molecule has 0 aliphatic carbocycles. The maximum Gasteiger partial charge on any atom is 0.141 e. The highest BCUT2D eigenvalue weighted by Crippen LogP contribution is 2.20. The standard InChI is InChI=1S/C8H9ClFN/c1-2-7(9)8-4-3-6(10)5-11-8/h3-5,7H,2H2,1H3. The Morgan fingerprint density at radius 2 is 2.36 bits per heavy atom. The first-order chi connectivity index (χ1) is 5.24. The van der Waals surface area contributed by atoms with Gasteiger partial charge in [-0.2, -0.15) is 0 Å². The summed E-state index contributed by atoms with van der Waals surface area (Å²) in [5, 5.41) is -0.101. The van der Waals surface area contributed by atoms with Crippen LogP contribution in [0.25, 0.3) is 0 Å². The van der Waals surface area contributed by atoms with Gasteiger partial charge in [-0.1, -0.05) is 6.92 Å². The molecule has 1 heterocycles. The number of pyridine rings is 1. The van der Waals surface area contributed by atoms with Gasteiger partial charge in [0.15, 0.2) is 0 Å². The van der Waals surface area contributed by atoms with Crippen molar-refractivity contribution >= 4 is 11.6 Å². The van der Waals surface area contributed by atoms with Crippen molar-refractivity contribution in [3.05, 3.63) is 29.8 Å². The molecule has 0 aliphatic heterocycles. The monoisotopic (exact) mass is 173 g/mol. The summed E-state index contributed by atoms with van der Waals surface area (Å²) in [6.45, 7) is 1.96. The third-order valence-electron chi connectivity index (χ3n) is 1.43. The first-order valence-electron chi connectivity index (χ1n) is 3.49. The summed E-state index contributed by atoms with van der Waals surface area (Å²) in [6.07, 6.45) is 1.99. The van der Waals surface area contributed by atoms with Gasteiger partial charge < -0.3 is 0 Å². The van der Waals surface area contributed by atoms with E-state index in [0.29, 0.717) is 0 Å². The smallest absolute Gasteiger partial charge is 0.141 e. The van der Waals surface area contributed by atoms with Crippen molar-refractivity contribution in [1.82, 2.24) is 4.98 Å². The summed E-state index contributed by atoms with van der Waals surface area (Å²) in [6, 6.07) is 2.98. The summed E-state index contributed by atoms with van der Waals surface area (Å²) in [4.78, 5) is 3.84. The Balaban J connectivity index is 2.81. The minimum atomic E-state index is -0.325. The van der Waals surface area contributed by atoms with E-state index in [1.54, 1.807) is 6.07 Å². The van der Waals surface area contributed by atoms with Crippen LogP contribution in [0.3, 0.4) is 0 Å². The fraction of sp³-hybridized carbons (Fsp3) is 0.375. The second-order valence-corrected chi connectivity index (χ2v) is 2.80. The van der Waals surface area contributed by atoms with Crippen molar-refractivity contribution < 1.29 is 4.39 Å². The van der Waals surface area contributed by atoms with Crippen molar-refractivity contribution in [1.29, 1.82) is 0 Å². The van der Waals surface area contributed by atoms with E-state index in [-0.39, 0.29) is 11.2 Å². The molecule has 0 aliphatic rings. The van der Waals surface area contributed by atoms with Crippen LogP contribution in [-0.4, -0.2) is 4.98 Å². The zero-order valence-corrected chi connectivity index (χ0v) is 6.98. The number of nitrogens with zero attached hydrogens (tertiary/aromatic N) is 1. The lowest BCUT2D eigenvalue weighted by Gasteiger charge is -2.03. The normalized spacial score (nSPS) is 13.0. The lowest BCUT2D eigenvalue weighted by atomic mass is 10.2. The molecule has 0 amide bonds. The lowest BCUT2D eigenvalue weighted by molar-refractivity contribution is 0.618. The molecule has 0 N–H and O–H groups in total. The van der Waals surface area contributed by atoms with Crippen LogP contribution in [0.4, 0.5) is 4.39 Å². The van der Waals surface area contributed by atoms with Crippen LogP contribution in [0, 0.1) is 5.82 Å². The molecule has 0 bridgehead atoms. The average Bonchev–Trinajstić information content (AvgIpc) is 2.05. The highest BCUT2D eigenvalue weighted by atomic mass is 35.5. The van der Waals surface area contributed by atoms with Crippen LogP contribution < -0.4 is 0 Å². The predicted molar refractivity (Wildman–Crippen MR) is 43.1 cm³/mol.